The van der Waals surface area contributed by atoms with Crippen LogP contribution in [0.4, 0.5) is 0 Å². The van der Waals surface area contributed by atoms with Crippen LogP contribution in [0.1, 0.15) is 22.3 Å². The van der Waals surface area contributed by atoms with Gasteiger partial charge < -0.3 is 14.5 Å². The number of hydrogen-bond donors (Lipinski definition) is 0. The van der Waals surface area contributed by atoms with Gasteiger partial charge in [-0.2, -0.15) is 0 Å². The molecule has 1 fully saturated rings. The highest BCUT2D eigenvalue weighted by Crippen LogP contribution is 2.37. The van der Waals surface area contributed by atoms with E-state index < -0.39 is 5.41 Å². The summed E-state index contributed by atoms with van der Waals surface area (Å²) in [7, 11) is 5.10. The molecular formula is C25H27N3O3S. The topological polar surface area (TPSA) is 62.7 Å². The molecule has 4 rings (SSSR count). The lowest BCUT2D eigenvalue weighted by molar-refractivity contribution is -0.138. The number of hydrogen-bond acceptors (Lipinski definition) is 5. The minimum atomic E-state index is -0.635. The molecule has 0 saturated carbocycles. The maximum absolute atomic E-state index is 13.3. The highest BCUT2D eigenvalue weighted by molar-refractivity contribution is 7.13. The summed E-state index contributed by atoms with van der Waals surface area (Å²) >= 11 is 1.71. The highest BCUT2D eigenvalue weighted by Gasteiger charge is 2.46. The molecule has 2 aromatic heterocycles. The van der Waals surface area contributed by atoms with Crippen molar-refractivity contribution in [1.82, 2.24) is 14.8 Å². The number of amides is 2. The first kappa shape index (κ1) is 22.0. The predicted molar refractivity (Wildman–Crippen MR) is 126 cm³/mol. The van der Waals surface area contributed by atoms with E-state index in [4.69, 9.17) is 4.74 Å². The van der Waals surface area contributed by atoms with Crippen LogP contribution in [0.15, 0.2) is 60.1 Å². The van der Waals surface area contributed by atoms with Crippen LogP contribution in [0.25, 0.3) is 10.4 Å². The fourth-order valence-corrected chi connectivity index (χ4v) is 5.08. The molecule has 7 heteroatoms. The van der Waals surface area contributed by atoms with Crippen molar-refractivity contribution in [2.24, 2.45) is 5.41 Å². The monoisotopic (exact) mass is 449 g/mol. The van der Waals surface area contributed by atoms with Crippen molar-refractivity contribution in [2.45, 2.75) is 12.8 Å². The van der Waals surface area contributed by atoms with E-state index in [9.17, 15) is 9.59 Å². The first-order chi connectivity index (χ1) is 15.4. The van der Waals surface area contributed by atoms with Gasteiger partial charge in [0.1, 0.15) is 0 Å². The lowest BCUT2D eigenvalue weighted by Crippen LogP contribution is -2.44. The standard InChI is InChI=1S/C25H27N3O3S/c1-27(2)24(30)25(15-18-6-8-19(9-7-18)21-5-4-14-32-21)12-13-28(17-25)23(29)20-10-11-22(31-3)26-16-20/h4-11,14,16H,12-13,15,17H2,1-3H3/t25-/m1/s1. The number of pyridine rings is 1. The molecule has 166 valence electrons. The summed E-state index contributed by atoms with van der Waals surface area (Å²) in [6, 6.07) is 15.9. The summed E-state index contributed by atoms with van der Waals surface area (Å²) in [6.45, 7) is 0.930. The minimum Gasteiger partial charge on any atom is -0.481 e. The number of benzene rings is 1. The van der Waals surface area contributed by atoms with E-state index in [-0.39, 0.29) is 11.8 Å². The van der Waals surface area contributed by atoms with Crippen LogP contribution in [0.5, 0.6) is 5.88 Å². The van der Waals surface area contributed by atoms with Gasteiger partial charge in [-0.05, 0) is 41.5 Å². The number of methoxy groups -OCH3 is 1. The van der Waals surface area contributed by atoms with E-state index in [1.54, 1.807) is 54.5 Å². The van der Waals surface area contributed by atoms with Gasteiger partial charge in [0.15, 0.2) is 0 Å². The van der Waals surface area contributed by atoms with Crippen molar-refractivity contribution in [1.29, 1.82) is 0 Å². The third-order valence-electron chi connectivity index (χ3n) is 6.00. The number of likely N-dealkylation sites (tertiary alicyclic amines) is 1. The maximum Gasteiger partial charge on any atom is 0.255 e. The lowest BCUT2D eigenvalue weighted by Gasteiger charge is -2.31. The predicted octanol–water partition coefficient (Wildman–Crippen LogP) is 3.98. The Bertz CT molecular complexity index is 1080. The third-order valence-corrected chi connectivity index (χ3v) is 6.91. The molecule has 1 aliphatic rings. The van der Waals surface area contributed by atoms with Crippen LogP contribution in [-0.2, 0) is 11.2 Å². The van der Waals surface area contributed by atoms with E-state index in [0.717, 1.165) is 5.56 Å². The Morgan fingerprint density at radius 2 is 1.94 bits per heavy atom. The zero-order valence-corrected chi connectivity index (χ0v) is 19.4. The summed E-state index contributed by atoms with van der Waals surface area (Å²) in [4.78, 5) is 35.1. The second kappa shape index (κ2) is 9.12. The molecule has 2 amide bonds. The lowest BCUT2D eigenvalue weighted by atomic mass is 9.79. The van der Waals surface area contributed by atoms with Gasteiger partial charge in [0.25, 0.3) is 5.91 Å². The van der Waals surface area contributed by atoms with Gasteiger partial charge in [0.05, 0.1) is 18.1 Å². The molecule has 0 unspecified atom stereocenters. The molecule has 1 atom stereocenters. The number of carbonyl (C=O) groups excluding carboxylic acids is 2. The zero-order valence-electron chi connectivity index (χ0n) is 18.6. The number of ether oxygens (including phenoxy) is 1. The van der Waals surface area contributed by atoms with Crippen molar-refractivity contribution in [3.05, 3.63) is 71.2 Å². The number of aromatic nitrogens is 1. The van der Waals surface area contributed by atoms with Crippen LogP contribution < -0.4 is 4.74 Å². The Morgan fingerprint density at radius 1 is 1.16 bits per heavy atom. The SMILES string of the molecule is COc1ccc(C(=O)N2CC[C@](Cc3ccc(-c4cccs4)cc3)(C(=O)N(C)C)C2)cn1. The molecule has 32 heavy (non-hydrogen) atoms. The first-order valence-electron chi connectivity index (χ1n) is 10.6. The second-order valence-corrected chi connectivity index (χ2v) is 9.34. The number of carbonyl (C=O) groups is 2. The molecule has 1 aliphatic heterocycles. The fourth-order valence-electron chi connectivity index (χ4n) is 4.35. The molecule has 0 N–H and O–H groups in total. The van der Waals surface area contributed by atoms with Crippen LogP contribution in [0.2, 0.25) is 0 Å². The van der Waals surface area contributed by atoms with Gasteiger partial charge in [-0.15, -0.1) is 11.3 Å². The van der Waals surface area contributed by atoms with Crippen LogP contribution in [0, 0.1) is 5.41 Å². The van der Waals surface area contributed by atoms with Crippen molar-refractivity contribution in [2.75, 3.05) is 34.3 Å². The zero-order chi connectivity index (χ0) is 22.7. The molecule has 1 aromatic carbocycles. The maximum atomic E-state index is 13.3. The minimum absolute atomic E-state index is 0.0583. The summed E-state index contributed by atoms with van der Waals surface area (Å²) in [5.74, 6) is 0.413. The van der Waals surface area contributed by atoms with Gasteiger partial charge in [0, 0.05) is 44.3 Å². The Labute approximate surface area is 192 Å². The van der Waals surface area contributed by atoms with Crippen molar-refractivity contribution in [3.63, 3.8) is 0 Å². The largest absolute Gasteiger partial charge is 0.481 e. The quantitative estimate of drug-likeness (QED) is 0.571. The molecule has 1 saturated heterocycles. The molecule has 0 aliphatic carbocycles. The fraction of sp³-hybridized carbons (Fsp3) is 0.320. The number of rotatable bonds is 6. The average molecular weight is 450 g/mol. The summed E-state index contributed by atoms with van der Waals surface area (Å²) in [6.07, 6.45) is 2.75. The van der Waals surface area contributed by atoms with E-state index in [2.05, 4.69) is 40.7 Å². The Hall–Kier alpha value is -3.19. The van der Waals surface area contributed by atoms with Crippen molar-refractivity contribution >= 4 is 23.2 Å². The van der Waals surface area contributed by atoms with E-state index in [1.807, 2.05) is 6.07 Å². The highest BCUT2D eigenvalue weighted by atomic mass is 32.1. The van der Waals surface area contributed by atoms with E-state index in [1.165, 1.54) is 16.6 Å². The van der Waals surface area contributed by atoms with Crippen molar-refractivity contribution < 1.29 is 14.3 Å². The van der Waals surface area contributed by atoms with Crippen LogP contribution >= 0.6 is 11.3 Å². The molecule has 0 radical (unpaired) electrons. The van der Waals surface area contributed by atoms with Gasteiger partial charge in [-0.25, -0.2) is 4.98 Å². The van der Waals surface area contributed by atoms with Gasteiger partial charge >= 0.3 is 0 Å². The first-order valence-corrected chi connectivity index (χ1v) is 11.4. The molecule has 3 aromatic rings. The second-order valence-electron chi connectivity index (χ2n) is 8.40. The molecule has 0 bridgehead atoms. The van der Waals surface area contributed by atoms with E-state index >= 15 is 0 Å². The third kappa shape index (κ3) is 4.39. The van der Waals surface area contributed by atoms with Crippen LogP contribution in [-0.4, -0.2) is 60.9 Å². The van der Waals surface area contributed by atoms with Gasteiger partial charge in [-0.1, -0.05) is 30.3 Å². The Balaban J connectivity index is 1.54. The summed E-state index contributed by atoms with van der Waals surface area (Å²) in [5, 5.41) is 2.07. The molecule has 3 heterocycles. The summed E-state index contributed by atoms with van der Waals surface area (Å²) in [5.41, 5.74) is 2.14. The van der Waals surface area contributed by atoms with Crippen molar-refractivity contribution in [3.8, 4) is 16.3 Å². The number of thiophene rings is 1. The molecular weight excluding hydrogens is 422 g/mol. The van der Waals surface area contributed by atoms with E-state index in [0.29, 0.717) is 37.4 Å². The Morgan fingerprint density at radius 3 is 2.53 bits per heavy atom. The van der Waals surface area contributed by atoms with Crippen LogP contribution in [0.3, 0.4) is 0 Å². The van der Waals surface area contributed by atoms with Gasteiger partial charge in [-0.3, -0.25) is 9.59 Å². The average Bonchev–Trinajstić information content (AvgIpc) is 3.50. The number of nitrogens with zero attached hydrogens (tertiary/aromatic N) is 3. The Kier molecular flexibility index (Phi) is 6.28. The molecule has 0 spiro atoms. The summed E-state index contributed by atoms with van der Waals surface area (Å²) < 4.78 is 5.08. The molecule has 6 nitrogen and oxygen atoms in total. The van der Waals surface area contributed by atoms with Gasteiger partial charge in [0.2, 0.25) is 11.8 Å². The normalized spacial score (nSPS) is 17.9. The smallest absolute Gasteiger partial charge is 0.255 e.